The van der Waals surface area contributed by atoms with Crippen molar-refractivity contribution in [3.05, 3.63) is 309 Å². The Morgan fingerprint density at radius 3 is 0.861 bits per heavy atom. The minimum absolute atomic E-state index is 0.669. The van der Waals surface area contributed by atoms with Crippen LogP contribution in [0.4, 0.5) is 0 Å². The van der Waals surface area contributed by atoms with Crippen LogP contribution in [-0.2, 0) is 0 Å². The molecule has 0 atom stereocenters. The predicted molar refractivity (Wildman–Crippen MR) is 331 cm³/mol. The number of aromatic nitrogens is 3. The fraction of sp³-hybridized carbons (Fsp3) is 0. The molecule has 0 unspecified atom stereocenters. The first-order chi connectivity index (χ1) is 39.1. The van der Waals surface area contributed by atoms with E-state index in [1.165, 1.54) is 66.3 Å². The van der Waals surface area contributed by atoms with Gasteiger partial charge in [-0.25, -0.2) is 9.97 Å². The molecule has 0 amide bonds. The summed E-state index contributed by atoms with van der Waals surface area (Å²) in [6.07, 6.45) is 0. The molecule has 0 spiro atoms. The van der Waals surface area contributed by atoms with Crippen LogP contribution in [0, 0.1) is 0 Å². The highest BCUT2D eigenvalue weighted by Crippen LogP contribution is 2.37. The van der Waals surface area contributed by atoms with Gasteiger partial charge in [0.15, 0.2) is 5.82 Å². The zero-order chi connectivity index (χ0) is 52.5. The fourth-order valence-corrected chi connectivity index (χ4v) is 11.2. The molecule has 3 heteroatoms. The molecule has 2 aromatic heterocycles. The molecule has 2 heterocycles. The summed E-state index contributed by atoms with van der Waals surface area (Å²) < 4.78 is 2.37. The zero-order valence-corrected chi connectivity index (χ0v) is 43.3. The standard InChI is InChI=1S/C76H51N3/c1-3-16-52(17-4-1)60-20-11-24-64(46-60)66-26-13-22-62(48-66)54-34-40-57(41-35-54)72-51-73(58-42-36-55(37-43-58)63-23-14-27-67(49-63)65-25-12-21-61(47-65)53-18-5-2-6-19-53)78-76(77-72)59-44-38-56(39-45-59)68-28-15-29-69(50-68)79-74-32-9-7-30-70(74)71-31-8-10-33-75(71)79/h1-51H. The van der Waals surface area contributed by atoms with Crippen molar-refractivity contribution in [3.63, 3.8) is 0 Å². The highest BCUT2D eigenvalue weighted by molar-refractivity contribution is 6.09. The van der Waals surface area contributed by atoms with Crippen LogP contribution in [0.3, 0.4) is 0 Å². The maximum atomic E-state index is 5.31. The topological polar surface area (TPSA) is 30.7 Å². The van der Waals surface area contributed by atoms with E-state index in [1.54, 1.807) is 0 Å². The van der Waals surface area contributed by atoms with E-state index in [-0.39, 0.29) is 0 Å². The van der Waals surface area contributed by atoms with Gasteiger partial charge in [0.25, 0.3) is 0 Å². The molecule has 370 valence electrons. The lowest BCUT2D eigenvalue weighted by Gasteiger charge is -2.12. The van der Waals surface area contributed by atoms with Crippen LogP contribution in [-0.4, -0.2) is 14.5 Å². The van der Waals surface area contributed by atoms with E-state index < -0.39 is 0 Å². The van der Waals surface area contributed by atoms with Crippen molar-refractivity contribution in [2.45, 2.75) is 0 Å². The molecule has 0 aliphatic heterocycles. The first kappa shape index (κ1) is 47.0. The van der Waals surface area contributed by atoms with Gasteiger partial charge in [-0.3, -0.25) is 0 Å². The number of benzene rings is 12. The third kappa shape index (κ3) is 9.41. The summed E-state index contributed by atoms with van der Waals surface area (Å²) in [6.45, 7) is 0. The molecule has 0 fully saturated rings. The first-order valence-electron chi connectivity index (χ1n) is 26.9. The molecular weight excluding hydrogens is 955 g/mol. The third-order valence-corrected chi connectivity index (χ3v) is 15.2. The minimum atomic E-state index is 0.669. The number of rotatable bonds is 11. The van der Waals surface area contributed by atoms with Crippen LogP contribution < -0.4 is 0 Å². The largest absolute Gasteiger partial charge is 0.309 e. The van der Waals surface area contributed by atoms with Gasteiger partial charge in [-0.2, -0.15) is 0 Å². The van der Waals surface area contributed by atoms with Gasteiger partial charge < -0.3 is 4.57 Å². The van der Waals surface area contributed by atoms with Crippen molar-refractivity contribution in [3.8, 4) is 117 Å². The SMILES string of the molecule is c1ccc(-c2cccc(-c3cccc(-c4ccc(-c5cc(-c6ccc(-c7cccc(-c8cccc(-c9ccccc9)c8)c7)cc6)nc(-c6ccc(-c7cccc(-n8c9ccccc9c9ccccc98)c7)cc6)n5)cc4)c3)c2)cc1. The van der Waals surface area contributed by atoms with Gasteiger partial charge in [0, 0.05) is 33.2 Å². The lowest BCUT2D eigenvalue weighted by Crippen LogP contribution is -1.96. The fourth-order valence-electron chi connectivity index (χ4n) is 11.2. The quantitative estimate of drug-likeness (QED) is 0.129. The van der Waals surface area contributed by atoms with Crippen molar-refractivity contribution in [2.24, 2.45) is 0 Å². The number of para-hydroxylation sites is 2. The van der Waals surface area contributed by atoms with Crippen LogP contribution in [0.5, 0.6) is 0 Å². The van der Waals surface area contributed by atoms with Crippen LogP contribution in [0.2, 0.25) is 0 Å². The second kappa shape index (κ2) is 20.6. The Labute approximate surface area is 460 Å². The Morgan fingerprint density at radius 1 is 0.190 bits per heavy atom. The molecule has 3 nitrogen and oxygen atoms in total. The Bertz CT molecular complexity index is 4260. The van der Waals surface area contributed by atoms with Crippen molar-refractivity contribution < 1.29 is 0 Å². The Hall–Kier alpha value is -10.5. The molecule has 0 bridgehead atoms. The van der Waals surface area contributed by atoms with Crippen LogP contribution in [0.15, 0.2) is 309 Å². The number of nitrogens with zero attached hydrogens (tertiary/aromatic N) is 3. The van der Waals surface area contributed by atoms with Crippen molar-refractivity contribution in [1.29, 1.82) is 0 Å². The summed E-state index contributed by atoms with van der Waals surface area (Å²) in [6, 6.07) is 111. The van der Waals surface area contributed by atoms with Crippen LogP contribution in [0.1, 0.15) is 0 Å². The van der Waals surface area contributed by atoms with Crippen LogP contribution >= 0.6 is 0 Å². The van der Waals surface area contributed by atoms with E-state index in [0.717, 1.165) is 67.1 Å². The molecule has 0 aliphatic carbocycles. The number of hydrogen-bond donors (Lipinski definition) is 0. The summed E-state index contributed by atoms with van der Waals surface area (Å²) in [4.78, 5) is 10.6. The first-order valence-corrected chi connectivity index (χ1v) is 26.9. The summed E-state index contributed by atoms with van der Waals surface area (Å²) in [5, 5.41) is 2.50. The monoisotopic (exact) mass is 1010 g/mol. The summed E-state index contributed by atoms with van der Waals surface area (Å²) in [5.41, 5.74) is 24.6. The second-order valence-corrected chi connectivity index (χ2v) is 20.2. The molecule has 79 heavy (non-hydrogen) atoms. The van der Waals surface area contributed by atoms with E-state index in [1.807, 2.05) is 0 Å². The van der Waals surface area contributed by atoms with Gasteiger partial charge in [0.1, 0.15) is 0 Å². The molecule has 12 aromatic carbocycles. The average Bonchev–Trinajstić information content (AvgIpc) is 3.99. The summed E-state index contributed by atoms with van der Waals surface area (Å²) in [5.74, 6) is 0.669. The average molecular weight is 1010 g/mol. The highest BCUT2D eigenvalue weighted by Gasteiger charge is 2.16. The lowest BCUT2D eigenvalue weighted by atomic mass is 9.95. The van der Waals surface area contributed by atoms with Gasteiger partial charge in [-0.1, -0.05) is 255 Å². The maximum absolute atomic E-state index is 5.31. The van der Waals surface area contributed by atoms with Gasteiger partial charge >= 0.3 is 0 Å². The summed E-state index contributed by atoms with van der Waals surface area (Å²) >= 11 is 0. The Kier molecular flexibility index (Phi) is 12.2. The van der Waals surface area contributed by atoms with Gasteiger partial charge in [0.05, 0.1) is 22.4 Å². The van der Waals surface area contributed by atoms with Crippen LogP contribution in [0.25, 0.3) is 139 Å². The minimum Gasteiger partial charge on any atom is -0.309 e. The molecule has 14 rings (SSSR count). The van der Waals surface area contributed by atoms with E-state index in [2.05, 4.69) is 314 Å². The second-order valence-electron chi connectivity index (χ2n) is 20.2. The lowest BCUT2D eigenvalue weighted by molar-refractivity contribution is 1.18. The van der Waals surface area contributed by atoms with Crippen molar-refractivity contribution in [1.82, 2.24) is 14.5 Å². The molecule has 0 aliphatic rings. The molecule has 0 radical (unpaired) electrons. The molecular formula is C76H51N3. The summed E-state index contributed by atoms with van der Waals surface area (Å²) in [7, 11) is 0. The van der Waals surface area contributed by atoms with Crippen molar-refractivity contribution >= 4 is 21.8 Å². The molecule has 0 saturated heterocycles. The molecule has 0 saturated carbocycles. The number of fused-ring (bicyclic) bond motifs is 3. The zero-order valence-electron chi connectivity index (χ0n) is 43.3. The Balaban J connectivity index is 0.797. The van der Waals surface area contributed by atoms with E-state index in [0.29, 0.717) is 5.82 Å². The van der Waals surface area contributed by atoms with E-state index in [4.69, 9.17) is 9.97 Å². The normalized spacial score (nSPS) is 11.3. The maximum Gasteiger partial charge on any atom is 0.160 e. The molecule has 0 N–H and O–H groups in total. The number of hydrogen-bond acceptors (Lipinski definition) is 2. The van der Waals surface area contributed by atoms with E-state index in [9.17, 15) is 0 Å². The smallest absolute Gasteiger partial charge is 0.160 e. The Morgan fingerprint density at radius 2 is 0.468 bits per heavy atom. The highest BCUT2D eigenvalue weighted by atomic mass is 15.0. The van der Waals surface area contributed by atoms with Gasteiger partial charge in [0.2, 0.25) is 0 Å². The predicted octanol–water partition coefficient (Wildman–Crippen LogP) is 20.2. The van der Waals surface area contributed by atoms with Gasteiger partial charge in [-0.15, -0.1) is 0 Å². The van der Waals surface area contributed by atoms with Gasteiger partial charge in [-0.05, 0) is 132 Å². The van der Waals surface area contributed by atoms with E-state index >= 15 is 0 Å². The molecule has 14 aromatic rings. The van der Waals surface area contributed by atoms with Crippen molar-refractivity contribution in [2.75, 3.05) is 0 Å². The third-order valence-electron chi connectivity index (χ3n) is 15.2.